The van der Waals surface area contributed by atoms with Crippen LogP contribution in [0.3, 0.4) is 0 Å². The summed E-state index contributed by atoms with van der Waals surface area (Å²) < 4.78 is 9.35. The van der Waals surface area contributed by atoms with Gasteiger partial charge in [-0.2, -0.15) is 0 Å². The topological polar surface area (TPSA) is 21.3 Å². The van der Waals surface area contributed by atoms with E-state index in [1.165, 1.54) is 43.5 Å². The number of benzene rings is 11. The Labute approximate surface area is 376 Å². The summed E-state index contributed by atoms with van der Waals surface area (Å²) in [6.45, 7) is 0. The summed E-state index contributed by atoms with van der Waals surface area (Å²) in [5.41, 5.74) is 15.3. The molecular weight excluding hydrogens is 789 g/mol. The van der Waals surface area contributed by atoms with Crippen LogP contribution in [-0.4, -0.2) is 4.57 Å². The van der Waals surface area contributed by atoms with Crippen molar-refractivity contribution < 1.29 is 4.42 Å². The molecule has 2 aromatic heterocycles. The Hall–Kier alpha value is -8.66. The zero-order valence-corrected chi connectivity index (χ0v) is 35.4. The van der Waals surface area contributed by atoms with E-state index in [4.69, 9.17) is 4.42 Å². The van der Waals surface area contributed by atoms with Crippen LogP contribution in [0.1, 0.15) is 0 Å². The van der Waals surface area contributed by atoms with Crippen molar-refractivity contribution in [2.75, 3.05) is 4.90 Å². The average molecular weight is 829 g/mol. The van der Waals surface area contributed by atoms with Crippen molar-refractivity contribution in [2.24, 2.45) is 0 Å². The van der Waals surface area contributed by atoms with Crippen LogP contribution >= 0.6 is 0 Å². The van der Waals surface area contributed by atoms with Crippen LogP contribution in [0.5, 0.6) is 0 Å². The standard InChI is InChI=1S/C62H40N2O/c1-3-21-47-42(16-1)18-14-27-49(47)50-23-5-9-30-57(50)63(60-33-12-8-26-53(60)54-28-15-29-55-56-39-36-43-17-2-4-22-48(43)61(56)65-62(54)55)45-37-34-41(35-38-45)44-19-13-20-46(40-44)64-58-31-10-6-24-51(58)52-25-7-11-32-59(52)64/h1-40H. The molecule has 2 heterocycles. The lowest BCUT2D eigenvalue weighted by Gasteiger charge is -2.30. The van der Waals surface area contributed by atoms with Crippen LogP contribution in [0.25, 0.3) is 104 Å². The Balaban J connectivity index is 0.995. The molecule has 0 aliphatic heterocycles. The maximum Gasteiger partial charge on any atom is 0.143 e. The summed E-state index contributed by atoms with van der Waals surface area (Å²) in [5, 5.41) is 9.45. The van der Waals surface area contributed by atoms with Gasteiger partial charge in [0.1, 0.15) is 11.2 Å². The molecule has 0 fully saturated rings. The van der Waals surface area contributed by atoms with Gasteiger partial charge in [-0.05, 0) is 87.4 Å². The van der Waals surface area contributed by atoms with Crippen molar-refractivity contribution in [1.29, 1.82) is 0 Å². The highest BCUT2D eigenvalue weighted by atomic mass is 16.3. The summed E-state index contributed by atoms with van der Waals surface area (Å²) >= 11 is 0. The fraction of sp³-hybridized carbons (Fsp3) is 0. The Morgan fingerprint density at radius 3 is 1.55 bits per heavy atom. The molecule has 0 aliphatic carbocycles. The minimum Gasteiger partial charge on any atom is -0.455 e. The van der Waals surface area contributed by atoms with E-state index in [-0.39, 0.29) is 0 Å². The summed E-state index contributed by atoms with van der Waals surface area (Å²) in [4.78, 5) is 2.43. The summed E-state index contributed by atoms with van der Waals surface area (Å²) in [6, 6.07) is 87.6. The highest BCUT2D eigenvalue weighted by Gasteiger charge is 2.23. The zero-order chi connectivity index (χ0) is 42.8. The van der Waals surface area contributed by atoms with Gasteiger partial charge in [-0.1, -0.05) is 188 Å². The Morgan fingerprint density at radius 1 is 0.308 bits per heavy atom. The molecule has 0 unspecified atom stereocenters. The van der Waals surface area contributed by atoms with Crippen molar-refractivity contribution in [1.82, 2.24) is 4.57 Å². The van der Waals surface area contributed by atoms with Gasteiger partial charge < -0.3 is 13.9 Å². The second-order valence-electron chi connectivity index (χ2n) is 16.8. The number of aromatic nitrogens is 1. The van der Waals surface area contributed by atoms with E-state index in [0.717, 1.165) is 77.9 Å². The van der Waals surface area contributed by atoms with Gasteiger partial charge in [0.2, 0.25) is 0 Å². The SMILES string of the molecule is c1cc(-c2ccc(N(c3ccccc3-c3cccc4ccccc34)c3ccccc3-c3cccc4c3oc3c5ccccc5ccc43)cc2)cc(-n2c3ccccc3c3ccccc32)c1. The van der Waals surface area contributed by atoms with Crippen molar-refractivity contribution >= 4 is 82.4 Å². The lowest BCUT2D eigenvalue weighted by molar-refractivity contribution is 0.674. The molecule has 0 amide bonds. The molecule has 0 aliphatic rings. The number of hydrogen-bond donors (Lipinski definition) is 0. The Morgan fingerprint density at radius 2 is 0.815 bits per heavy atom. The first-order chi connectivity index (χ1) is 32.3. The maximum atomic E-state index is 6.97. The molecule has 0 radical (unpaired) electrons. The molecule has 11 aromatic carbocycles. The first-order valence-corrected chi connectivity index (χ1v) is 22.3. The van der Waals surface area contributed by atoms with Crippen LogP contribution in [0.2, 0.25) is 0 Å². The van der Waals surface area contributed by atoms with Gasteiger partial charge in [0.15, 0.2) is 0 Å². The lowest BCUT2D eigenvalue weighted by Crippen LogP contribution is -2.12. The normalized spacial score (nSPS) is 11.7. The van der Waals surface area contributed by atoms with Gasteiger partial charge in [-0.25, -0.2) is 0 Å². The second kappa shape index (κ2) is 15.0. The Kier molecular flexibility index (Phi) is 8.53. The second-order valence-corrected chi connectivity index (χ2v) is 16.8. The molecule has 13 aromatic rings. The summed E-state index contributed by atoms with van der Waals surface area (Å²) in [6.07, 6.45) is 0. The van der Waals surface area contributed by atoms with E-state index in [2.05, 4.69) is 252 Å². The first kappa shape index (κ1) is 36.9. The van der Waals surface area contributed by atoms with E-state index in [9.17, 15) is 0 Å². The van der Waals surface area contributed by atoms with Crippen LogP contribution < -0.4 is 4.90 Å². The molecule has 0 bridgehead atoms. The lowest BCUT2D eigenvalue weighted by atomic mass is 9.95. The van der Waals surface area contributed by atoms with Gasteiger partial charge in [0.25, 0.3) is 0 Å². The van der Waals surface area contributed by atoms with E-state index >= 15 is 0 Å². The highest BCUT2D eigenvalue weighted by Crippen LogP contribution is 2.48. The Bertz CT molecular complexity index is 3910. The van der Waals surface area contributed by atoms with Gasteiger partial charge in [0.05, 0.1) is 22.4 Å². The number of para-hydroxylation sites is 5. The van der Waals surface area contributed by atoms with Gasteiger partial charge in [-0.15, -0.1) is 0 Å². The quantitative estimate of drug-likeness (QED) is 0.160. The number of anilines is 3. The van der Waals surface area contributed by atoms with Crippen LogP contribution in [-0.2, 0) is 0 Å². The average Bonchev–Trinajstić information content (AvgIpc) is 3.94. The molecule has 0 spiro atoms. The third-order valence-electron chi connectivity index (χ3n) is 13.2. The molecule has 65 heavy (non-hydrogen) atoms. The fourth-order valence-corrected chi connectivity index (χ4v) is 10.2. The monoisotopic (exact) mass is 828 g/mol. The molecule has 0 saturated heterocycles. The third-order valence-corrected chi connectivity index (χ3v) is 13.2. The molecule has 3 nitrogen and oxygen atoms in total. The van der Waals surface area contributed by atoms with E-state index in [1.54, 1.807) is 0 Å². The van der Waals surface area contributed by atoms with Crippen LogP contribution in [0.15, 0.2) is 247 Å². The van der Waals surface area contributed by atoms with E-state index < -0.39 is 0 Å². The minimum absolute atomic E-state index is 0.882. The molecule has 0 N–H and O–H groups in total. The van der Waals surface area contributed by atoms with Crippen LogP contribution in [0.4, 0.5) is 17.1 Å². The summed E-state index contributed by atoms with van der Waals surface area (Å²) in [7, 11) is 0. The number of rotatable bonds is 7. The minimum atomic E-state index is 0.882. The van der Waals surface area contributed by atoms with E-state index in [0.29, 0.717) is 0 Å². The van der Waals surface area contributed by atoms with Gasteiger partial charge >= 0.3 is 0 Å². The van der Waals surface area contributed by atoms with Crippen molar-refractivity contribution in [3.8, 4) is 39.1 Å². The smallest absolute Gasteiger partial charge is 0.143 e. The van der Waals surface area contributed by atoms with Crippen molar-refractivity contribution in [3.63, 3.8) is 0 Å². The molecule has 0 atom stereocenters. The largest absolute Gasteiger partial charge is 0.455 e. The predicted molar refractivity (Wildman–Crippen MR) is 274 cm³/mol. The zero-order valence-electron chi connectivity index (χ0n) is 35.4. The van der Waals surface area contributed by atoms with Crippen LogP contribution in [0, 0.1) is 0 Å². The molecule has 304 valence electrons. The molecule has 3 heteroatoms. The van der Waals surface area contributed by atoms with E-state index in [1.807, 2.05) is 0 Å². The predicted octanol–water partition coefficient (Wildman–Crippen LogP) is 17.5. The van der Waals surface area contributed by atoms with Crippen molar-refractivity contribution in [2.45, 2.75) is 0 Å². The third kappa shape index (κ3) is 5.97. The maximum absolute atomic E-state index is 6.97. The van der Waals surface area contributed by atoms with Gasteiger partial charge in [-0.3, -0.25) is 0 Å². The molecule has 0 saturated carbocycles. The number of hydrogen-bond acceptors (Lipinski definition) is 2. The molecule has 13 rings (SSSR count). The van der Waals surface area contributed by atoms with Gasteiger partial charge in [0, 0.05) is 55.0 Å². The number of nitrogens with zero attached hydrogens (tertiary/aromatic N) is 2. The first-order valence-electron chi connectivity index (χ1n) is 22.3. The number of furan rings is 1. The number of fused-ring (bicyclic) bond motifs is 9. The summed E-state index contributed by atoms with van der Waals surface area (Å²) in [5.74, 6) is 0. The molecular formula is C62H40N2O. The van der Waals surface area contributed by atoms with Crippen molar-refractivity contribution in [3.05, 3.63) is 243 Å². The fourth-order valence-electron chi connectivity index (χ4n) is 10.2. The highest BCUT2D eigenvalue weighted by molar-refractivity contribution is 6.18.